The van der Waals surface area contributed by atoms with Crippen LogP contribution in [0.4, 0.5) is 0 Å². The molecule has 0 saturated carbocycles. The van der Waals surface area contributed by atoms with Gasteiger partial charge in [-0.15, -0.1) is 0 Å². The molecular formula is C11H12Br2O2. The predicted molar refractivity (Wildman–Crippen MR) is 65.8 cm³/mol. The number of hydrogen-bond acceptors (Lipinski definition) is 2. The molecule has 1 aliphatic rings. The van der Waals surface area contributed by atoms with E-state index in [1.54, 1.807) is 0 Å². The highest BCUT2D eigenvalue weighted by Crippen LogP contribution is 2.32. The monoisotopic (exact) mass is 334 g/mol. The second-order valence-electron chi connectivity index (χ2n) is 3.71. The van der Waals surface area contributed by atoms with Gasteiger partial charge in [-0.3, -0.25) is 0 Å². The van der Waals surface area contributed by atoms with Crippen LogP contribution in [0.1, 0.15) is 24.5 Å². The van der Waals surface area contributed by atoms with Gasteiger partial charge in [0.15, 0.2) is 0 Å². The molecule has 1 N–H and O–H groups in total. The first kappa shape index (κ1) is 11.6. The summed E-state index contributed by atoms with van der Waals surface area (Å²) in [6.07, 6.45) is 1.23. The van der Waals surface area contributed by atoms with Crippen LogP contribution in [0, 0.1) is 0 Å². The fourth-order valence-electron chi connectivity index (χ4n) is 1.72. The van der Waals surface area contributed by atoms with Crippen LogP contribution in [0.5, 0.6) is 0 Å². The Labute approximate surface area is 106 Å². The summed E-state index contributed by atoms with van der Waals surface area (Å²) in [5.41, 5.74) is 1.11. The highest BCUT2D eigenvalue weighted by atomic mass is 79.9. The van der Waals surface area contributed by atoms with Crippen molar-refractivity contribution in [2.75, 3.05) is 6.61 Å². The van der Waals surface area contributed by atoms with E-state index in [1.807, 2.05) is 18.2 Å². The summed E-state index contributed by atoms with van der Waals surface area (Å²) in [6, 6.07) is 6.05. The fraction of sp³-hybridized carbons (Fsp3) is 0.455. The van der Waals surface area contributed by atoms with Crippen molar-refractivity contribution in [3.05, 3.63) is 32.7 Å². The lowest BCUT2D eigenvalue weighted by Crippen LogP contribution is -2.23. The largest absolute Gasteiger partial charge is 0.393 e. The fourth-order valence-corrected chi connectivity index (χ4v) is 2.37. The van der Waals surface area contributed by atoms with Crippen LogP contribution in [0.3, 0.4) is 0 Å². The quantitative estimate of drug-likeness (QED) is 0.852. The van der Waals surface area contributed by atoms with Gasteiger partial charge in [-0.1, -0.05) is 6.07 Å². The molecule has 1 fully saturated rings. The van der Waals surface area contributed by atoms with Crippen molar-refractivity contribution in [2.24, 2.45) is 0 Å². The summed E-state index contributed by atoms with van der Waals surface area (Å²) in [4.78, 5) is 0. The maximum atomic E-state index is 9.56. The van der Waals surface area contributed by atoms with Crippen molar-refractivity contribution >= 4 is 31.9 Å². The molecule has 2 rings (SSSR count). The standard InChI is InChI=1S/C11H12Br2O2/c12-9-2-1-7(5-10(9)13)11-6-8(14)3-4-15-11/h1-2,5,8,11,14H,3-4,6H2. The van der Waals surface area contributed by atoms with Gasteiger partial charge in [0, 0.05) is 22.0 Å². The highest BCUT2D eigenvalue weighted by molar-refractivity contribution is 9.13. The predicted octanol–water partition coefficient (Wildman–Crippen LogP) is 3.42. The van der Waals surface area contributed by atoms with E-state index in [0.717, 1.165) is 20.9 Å². The lowest BCUT2D eigenvalue weighted by Gasteiger charge is -2.27. The maximum Gasteiger partial charge on any atom is 0.0850 e. The first-order valence-electron chi connectivity index (χ1n) is 4.91. The molecule has 0 bridgehead atoms. The minimum atomic E-state index is -0.230. The molecule has 1 saturated heterocycles. The Morgan fingerprint density at radius 3 is 2.73 bits per heavy atom. The first-order valence-corrected chi connectivity index (χ1v) is 6.50. The number of aliphatic hydroxyl groups excluding tert-OH is 1. The topological polar surface area (TPSA) is 29.5 Å². The zero-order valence-corrected chi connectivity index (χ0v) is 11.3. The molecule has 4 heteroatoms. The maximum absolute atomic E-state index is 9.56. The molecule has 1 heterocycles. The van der Waals surface area contributed by atoms with E-state index < -0.39 is 0 Å². The highest BCUT2D eigenvalue weighted by Gasteiger charge is 2.22. The number of ether oxygens (including phenoxy) is 1. The van der Waals surface area contributed by atoms with E-state index in [0.29, 0.717) is 13.0 Å². The smallest absolute Gasteiger partial charge is 0.0850 e. The van der Waals surface area contributed by atoms with Gasteiger partial charge in [0.1, 0.15) is 0 Å². The molecule has 1 aromatic rings. The Hall–Kier alpha value is 0.1000. The molecule has 1 aromatic carbocycles. The number of benzene rings is 1. The van der Waals surface area contributed by atoms with Gasteiger partial charge in [0.2, 0.25) is 0 Å². The van der Waals surface area contributed by atoms with Crippen LogP contribution >= 0.6 is 31.9 Å². The van der Waals surface area contributed by atoms with Gasteiger partial charge in [-0.25, -0.2) is 0 Å². The van der Waals surface area contributed by atoms with Gasteiger partial charge >= 0.3 is 0 Å². The van der Waals surface area contributed by atoms with Gasteiger partial charge in [0.25, 0.3) is 0 Å². The molecule has 0 spiro atoms. The Bertz CT molecular complexity index is 354. The van der Waals surface area contributed by atoms with E-state index >= 15 is 0 Å². The average Bonchev–Trinajstić information content (AvgIpc) is 2.22. The van der Waals surface area contributed by atoms with E-state index in [4.69, 9.17) is 4.74 Å². The minimum absolute atomic E-state index is 0.0261. The lowest BCUT2D eigenvalue weighted by atomic mass is 10.00. The van der Waals surface area contributed by atoms with Gasteiger partial charge in [-0.2, -0.15) is 0 Å². The van der Waals surface area contributed by atoms with Crippen LogP contribution in [-0.4, -0.2) is 17.8 Å². The minimum Gasteiger partial charge on any atom is -0.393 e. The molecule has 0 aromatic heterocycles. The molecule has 0 aliphatic carbocycles. The molecule has 15 heavy (non-hydrogen) atoms. The van der Waals surface area contributed by atoms with Crippen LogP contribution in [0.2, 0.25) is 0 Å². The Morgan fingerprint density at radius 2 is 2.07 bits per heavy atom. The summed E-state index contributed by atoms with van der Waals surface area (Å²) < 4.78 is 7.68. The molecule has 1 aliphatic heterocycles. The summed E-state index contributed by atoms with van der Waals surface area (Å²) in [7, 11) is 0. The summed E-state index contributed by atoms with van der Waals surface area (Å²) in [5, 5.41) is 9.56. The number of hydrogen-bond donors (Lipinski definition) is 1. The number of halogens is 2. The molecule has 2 unspecified atom stereocenters. The lowest BCUT2D eigenvalue weighted by molar-refractivity contribution is -0.0448. The third-order valence-electron chi connectivity index (χ3n) is 2.57. The molecular weight excluding hydrogens is 324 g/mol. The molecule has 0 radical (unpaired) electrons. The van der Waals surface area contributed by atoms with Crippen molar-refractivity contribution < 1.29 is 9.84 Å². The Kier molecular flexibility index (Phi) is 3.83. The molecule has 2 nitrogen and oxygen atoms in total. The molecule has 0 amide bonds. The van der Waals surface area contributed by atoms with Crippen LogP contribution < -0.4 is 0 Å². The SMILES string of the molecule is OC1CCOC(c2ccc(Br)c(Br)c2)C1. The normalized spacial score (nSPS) is 26.6. The summed E-state index contributed by atoms with van der Waals surface area (Å²) in [5.74, 6) is 0. The summed E-state index contributed by atoms with van der Waals surface area (Å²) >= 11 is 6.89. The number of aliphatic hydroxyl groups is 1. The second kappa shape index (κ2) is 4.95. The van der Waals surface area contributed by atoms with E-state index in [9.17, 15) is 5.11 Å². The second-order valence-corrected chi connectivity index (χ2v) is 5.42. The van der Waals surface area contributed by atoms with Crippen LogP contribution in [-0.2, 0) is 4.74 Å². The van der Waals surface area contributed by atoms with Crippen LogP contribution in [0.25, 0.3) is 0 Å². The first-order chi connectivity index (χ1) is 7.16. The van der Waals surface area contributed by atoms with Crippen molar-refractivity contribution in [3.8, 4) is 0 Å². The van der Waals surface area contributed by atoms with Crippen molar-refractivity contribution in [1.29, 1.82) is 0 Å². The summed E-state index contributed by atoms with van der Waals surface area (Å²) in [6.45, 7) is 0.638. The van der Waals surface area contributed by atoms with Gasteiger partial charge in [-0.05, 0) is 56.0 Å². The zero-order chi connectivity index (χ0) is 10.8. The average molecular weight is 336 g/mol. The third kappa shape index (κ3) is 2.81. The van der Waals surface area contributed by atoms with Gasteiger partial charge in [0.05, 0.1) is 12.2 Å². The zero-order valence-electron chi connectivity index (χ0n) is 8.12. The number of rotatable bonds is 1. The Balaban J connectivity index is 2.18. The van der Waals surface area contributed by atoms with Crippen LogP contribution in [0.15, 0.2) is 27.1 Å². The van der Waals surface area contributed by atoms with E-state index in [1.165, 1.54) is 0 Å². The molecule has 82 valence electrons. The van der Waals surface area contributed by atoms with E-state index in [-0.39, 0.29) is 12.2 Å². The van der Waals surface area contributed by atoms with Crippen molar-refractivity contribution in [1.82, 2.24) is 0 Å². The van der Waals surface area contributed by atoms with E-state index in [2.05, 4.69) is 31.9 Å². The molecule has 2 atom stereocenters. The van der Waals surface area contributed by atoms with Crippen molar-refractivity contribution in [2.45, 2.75) is 25.0 Å². The Morgan fingerprint density at radius 1 is 1.27 bits per heavy atom. The third-order valence-corrected chi connectivity index (χ3v) is 4.45. The van der Waals surface area contributed by atoms with Gasteiger partial charge < -0.3 is 9.84 Å². The van der Waals surface area contributed by atoms with Crippen molar-refractivity contribution in [3.63, 3.8) is 0 Å².